The molecule has 4 atom stereocenters. The van der Waals surface area contributed by atoms with Gasteiger partial charge in [0.15, 0.2) is 15.6 Å². The molecule has 14 heteroatoms. The van der Waals surface area contributed by atoms with Gasteiger partial charge in [-0.3, -0.25) is 14.4 Å². The molecule has 2 amide bonds. The predicted molar refractivity (Wildman–Crippen MR) is 186 cm³/mol. The fourth-order valence-electron chi connectivity index (χ4n) is 6.79. The highest BCUT2D eigenvalue weighted by Crippen LogP contribution is 2.47. The van der Waals surface area contributed by atoms with Gasteiger partial charge in [0.05, 0.1) is 18.2 Å². The molecule has 1 heterocycles. The zero-order valence-corrected chi connectivity index (χ0v) is 29.6. The van der Waals surface area contributed by atoms with Crippen LogP contribution in [0.15, 0.2) is 66.7 Å². The van der Waals surface area contributed by atoms with Gasteiger partial charge in [0.1, 0.15) is 5.75 Å². The summed E-state index contributed by atoms with van der Waals surface area (Å²) in [4.78, 5) is 42.9. The minimum atomic E-state index is -3.62. The molecular weight excluding hydrogens is 697 g/mol. The number of hydrogen-bond donors (Lipinski definition) is 2. The van der Waals surface area contributed by atoms with Gasteiger partial charge in [-0.1, -0.05) is 78.5 Å². The van der Waals surface area contributed by atoms with E-state index in [9.17, 15) is 31.2 Å². The molecule has 0 aromatic heterocycles. The van der Waals surface area contributed by atoms with Crippen LogP contribution in [0.5, 0.6) is 0 Å². The number of nitrogens with one attached hydrogen (secondary N) is 2. The summed E-state index contributed by atoms with van der Waals surface area (Å²) in [5.41, 5.74) is 2.36. The van der Waals surface area contributed by atoms with E-state index in [1.807, 2.05) is 0 Å². The minimum absolute atomic E-state index is 0.178. The molecular formula is C34H37Cl2N3O7S2. The number of sulfonamides is 1. The summed E-state index contributed by atoms with van der Waals surface area (Å²) in [6.07, 6.45) is 5.02. The molecule has 0 saturated heterocycles. The Bertz CT molecular complexity index is 1950. The number of nitrogens with zero attached hydrogens (tertiary/aromatic N) is 1. The van der Waals surface area contributed by atoms with Crippen molar-refractivity contribution in [3.8, 4) is 0 Å². The second-order valence-electron chi connectivity index (χ2n) is 12.5. The Labute approximate surface area is 291 Å². The standard InChI is InChI=1S/C34H37Cl2N3O7S2/c1-47(43,44)20-30(40)22-9-7-8-21(18-22)16-17-37-33(41)31-24-10-3-4-11-25(24)34(42)39(32(31)26-15-14-23(35)19-27(26)36)29-13-6-5-12-28(29)38-48(2,45)46/h3-4,7-11,14-15,18-19,28-29,31-32,38H,5-6,12-13,16-17,20H2,1-2H3,(H,37,41)/t28-,29-,31+,32-/m0/s1. The Balaban J connectivity index is 1.51. The van der Waals surface area contributed by atoms with Gasteiger partial charge < -0.3 is 10.2 Å². The van der Waals surface area contributed by atoms with Gasteiger partial charge in [-0.05, 0) is 60.2 Å². The zero-order chi connectivity index (χ0) is 34.8. The maximum absolute atomic E-state index is 14.4. The van der Waals surface area contributed by atoms with Crippen LogP contribution in [-0.4, -0.2) is 76.2 Å². The molecule has 0 bridgehead atoms. The van der Waals surface area contributed by atoms with Crippen LogP contribution in [0.1, 0.15) is 75.0 Å². The molecule has 5 rings (SSSR count). The lowest BCUT2D eigenvalue weighted by molar-refractivity contribution is -0.124. The summed E-state index contributed by atoms with van der Waals surface area (Å²) in [6.45, 7) is 0.178. The highest BCUT2D eigenvalue weighted by molar-refractivity contribution is 7.91. The van der Waals surface area contributed by atoms with Gasteiger partial charge >= 0.3 is 0 Å². The molecule has 2 N–H and O–H groups in total. The summed E-state index contributed by atoms with van der Waals surface area (Å²) < 4.78 is 50.8. The third-order valence-corrected chi connectivity index (χ3v) is 10.8. The number of ketones is 1. The van der Waals surface area contributed by atoms with E-state index in [0.29, 0.717) is 41.0 Å². The number of halogens is 2. The Morgan fingerprint density at radius 3 is 2.33 bits per heavy atom. The fraction of sp³-hybridized carbons (Fsp3) is 0.382. The Morgan fingerprint density at radius 1 is 0.896 bits per heavy atom. The highest BCUT2D eigenvalue weighted by Gasteiger charge is 2.49. The van der Waals surface area contributed by atoms with E-state index >= 15 is 0 Å². The van der Waals surface area contributed by atoms with Crippen molar-refractivity contribution in [1.29, 1.82) is 0 Å². The van der Waals surface area contributed by atoms with E-state index in [-0.39, 0.29) is 28.9 Å². The maximum Gasteiger partial charge on any atom is 0.255 e. The summed E-state index contributed by atoms with van der Waals surface area (Å²) in [6, 6.07) is 16.4. The normalized spacial score (nSPS) is 21.4. The lowest BCUT2D eigenvalue weighted by atomic mass is 9.76. The molecule has 0 radical (unpaired) electrons. The van der Waals surface area contributed by atoms with Crippen molar-refractivity contribution in [3.63, 3.8) is 0 Å². The number of hydrogen-bond acceptors (Lipinski definition) is 7. The average molecular weight is 735 g/mol. The van der Waals surface area contributed by atoms with E-state index in [2.05, 4.69) is 10.0 Å². The topological polar surface area (TPSA) is 147 Å². The van der Waals surface area contributed by atoms with Crippen molar-refractivity contribution in [1.82, 2.24) is 14.9 Å². The lowest BCUT2D eigenvalue weighted by Crippen LogP contribution is -2.59. The van der Waals surface area contributed by atoms with Crippen molar-refractivity contribution >= 4 is 60.7 Å². The van der Waals surface area contributed by atoms with Crippen LogP contribution < -0.4 is 10.0 Å². The third kappa shape index (κ3) is 8.46. The number of carbonyl (C=O) groups is 3. The SMILES string of the molecule is CS(=O)(=O)CC(=O)c1cccc(CCNC(=O)[C@@H]2c3ccccc3C(=O)N([C@H]3CCCC[C@@H]3NS(C)(=O)=O)[C@H]2c2ccc(Cl)cc2Cl)c1. The molecule has 1 aliphatic carbocycles. The average Bonchev–Trinajstić information content (AvgIpc) is 3.00. The van der Waals surface area contributed by atoms with Crippen LogP contribution in [0.4, 0.5) is 0 Å². The Hall–Kier alpha value is -3.29. The zero-order valence-electron chi connectivity index (χ0n) is 26.5. The second kappa shape index (κ2) is 14.7. The molecule has 1 aliphatic heterocycles. The summed E-state index contributed by atoms with van der Waals surface area (Å²) in [5, 5.41) is 3.65. The van der Waals surface area contributed by atoms with E-state index < -0.39 is 55.4 Å². The molecule has 2 aliphatic rings. The molecule has 256 valence electrons. The molecule has 3 aromatic rings. The largest absolute Gasteiger partial charge is 0.355 e. The van der Waals surface area contributed by atoms with E-state index in [1.54, 1.807) is 71.6 Å². The molecule has 1 fully saturated rings. The number of Topliss-reactive ketones (excluding diaryl/α,β-unsaturated/α-hetero) is 1. The molecule has 10 nitrogen and oxygen atoms in total. The first-order chi connectivity index (χ1) is 22.6. The molecule has 1 saturated carbocycles. The van der Waals surface area contributed by atoms with Crippen LogP contribution in [0.3, 0.4) is 0 Å². The monoisotopic (exact) mass is 733 g/mol. The fourth-order valence-corrected chi connectivity index (χ4v) is 8.78. The summed E-state index contributed by atoms with van der Waals surface area (Å²) in [7, 11) is -7.11. The Morgan fingerprint density at radius 2 is 1.62 bits per heavy atom. The van der Waals surface area contributed by atoms with Gasteiger partial charge in [-0.2, -0.15) is 0 Å². The molecule has 0 unspecified atom stereocenters. The van der Waals surface area contributed by atoms with Crippen LogP contribution in [0.25, 0.3) is 0 Å². The van der Waals surface area contributed by atoms with Gasteiger partial charge in [-0.25, -0.2) is 21.6 Å². The Kier molecular flexibility index (Phi) is 11.0. The highest BCUT2D eigenvalue weighted by atomic mass is 35.5. The van der Waals surface area contributed by atoms with Gasteiger partial charge in [0.2, 0.25) is 15.9 Å². The number of sulfone groups is 1. The van der Waals surface area contributed by atoms with Crippen molar-refractivity contribution < 1.29 is 31.2 Å². The number of carbonyl (C=O) groups excluding carboxylic acids is 3. The van der Waals surface area contributed by atoms with Crippen LogP contribution in [-0.2, 0) is 31.1 Å². The number of fused-ring (bicyclic) bond motifs is 1. The van der Waals surface area contributed by atoms with E-state index in [0.717, 1.165) is 30.9 Å². The number of amides is 2. The first-order valence-corrected chi connectivity index (χ1v) is 20.2. The van der Waals surface area contributed by atoms with Crippen LogP contribution in [0, 0.1) is 0 Å². The third-order valence-electron chi connectivity index (χ3n) is 8.75. The second-order valence-corrected chi connectivity index (χ2v) is 17.2. The quantitative estimate of drug-likeness (QED) is 0.271. The predicted octanol–water partition coefficient (Wildman–Crippen LogP) is 4.72. The number of benzene rings is 3. The first-order valence-electron chi connectivity index (χ1n) is 15.5. The van der Waals surface area contributed by atoms with Crippen molar-refractivity contribution in [2.24, 2.45) is 0 Å². The van der Waals surface area contributed by atoms with Crippen molar-refractivity contribution in [3.05, 3.63) is 105 Å². The minimum Gasteiger partial charge on any atom is -0.355 e. The van der Waals surface area contributed by atoms with E-state index in [4.69, 9.17) is 23.2 Å². The summed E-state index contributed by atoms with van der Waals surface area (Å²) in [5.74, 6) is -2.72. The molecule has 3 aromatic carbocycles. The lowest BCUT2D eigenvalue weighted by Gasteiger charge is -2.49. The summed E-state index contributed by atoms with van der Waals surface area (Å²) >= 11 is 13.1. The first kappa shape index (κ1) is 36.0. The van der Waals surface area contributed by atoms with Gasteiger partial charge in [0, 0.05) is 46.1 Å². The van der Waals surface area contributed by atoms with Gasteiger partial charge in [-0.15, -0.1) is 0 Å². The van der Waals surface area contributed by atoms with Crippen molar-refractivity contribution in [2.45, 2.75) is 56.1 Å². The smallest absolute Gasteiger partial charge is 0.255 e. The van der Waals surface area contributed by atoms with Crippen LogP contribution in [0.2, 0.25) is 10.0 Å². The van der Waals surface area contributed by atoms with Crippen LogP contribution >= 0.6 is 23.2 Å². The molecule has 48 heavy (non-hydrogen) atoms. The van der Waals surface area contributed by atoms with Crippen molar-refractivity contribution in [2.75, 3.05) is 24.8 Å². The maximum atomic E-state index is 14.4. The molecule has 0 spiro atoms. The van der Waals surface area contributed by atoms with Gasteiger partial charge in [0.25, 0.3) is 5.91 Å². The van der Waals surface area contributed by atoms with E-state index in [1.165, 1.54) is 0 Å². The number of rotatable bonds is 11.